The number of anilines is 1. The number of halogens is 2. The predicted molar refractivity (Wildman–Crippen MR) is 88.8 cm³/mol. The van der Waals surface area contributed by atoms with Gasteiger partial charge in [-0.1, -0.05) is 40.6 Å². The van der Waals surface area contributed by atoms with Crippen molar-refractivity contribution in [3.05, 3.63) is 57.6 Å². The third-order valence-corrected chi connectivity index (χ3v) is 4.33. The maximum absolute atomic E-state index is 12.2. The summed E-state index contributed by atoms with van der Waals surface area (Å²) in [6, 6.07) is 10.5. The Balaban J connectivity index is 1.91. The fraction of sp³-hybridized carbons (Fsp3) is 0.0667. The number of thiazole rings is 1. The van der Waals surface area contributed by atoms with Gasteiger partial charge in [-0.05, 0) is 42.8 Å². The second kappa shape index (κ2) is 5.64. The van der Waals surface area contributed by atoms with Gasteiger partial charge in [0.2, 0.25) is 0 Å². The van der Waals surface area contributed by atoms with Crippen LogP contribution in [0.15, 0.2) is 36.4 Å². The zero-order chi connectivity index (χ0) is 15.0. The van der Waals surface area contributed by atoms with Gasteiger partial charge in [-0.2, -0.15) is 0 Å². The zero-order valence-electron chi connectivity index (χ0n) is 11.0. The van der Waals surface area contributed by atoms with Crippen LogP contribution in [0.1, 0.15) is 15.9 Å². The Hall–Kier alpha value is -1.62. The summed E-state index contributed by atoms with van der Waals surface area (Å²) in [5.41, 5.74) is 2.33. The van der Waals surface area contributed by atoms with Gasteiger partial charge in [-0.25, -0.2) is 4.98 Å². The van der Waals surface area contributed by atoms with Crippen LogP contribution >= 0.6 is 34.5 Å². The Morgan fingerprint density at radius 2 is 2.00 bits per heavy atom. The molecular weight excluding hydrogens is 327 g/mol. The molecule has 0 radical (unpaired) electrons. The smallest absolute Gasteiger partial charge is 0.257 e. The van der Waals surface area contributed by atoms with Crippen molar-refractivity contribution in [1.29, 1.82) is 0 Å². The first-order valence-electron chi connectivity index (χ1n) is 6.16. The number of carbonyl (C=O) groups is 1. The molecule has 0 bridgehead atoms. The van der Waals surface area contributed by atoms with Gasteiger partial charge in [0.05, 0.1) is 10.2 Å². The van der Waals surface area contributed by atoms with Gasteiger partial charge in [0, 0.05) is 15.6 Å². The molecule has 0 saturated carbocycles. The average Bonchev–Trinajstić information content (AvgIpc) is 2.81. The zero-order valence-corrected chi connectivity index (χ0v) is 13.3. The van der Waals surface area contributed by atoms with Crippen molar-refractivity contribution < 1.29 is 4.79 Å². The highest BCUT2D eigenvalue weighted by atomic mass is 35.5. The number of nitrogens with zero attached hydrogens (tertiary/aromatic N) is 1. The number of benzene rings is 2. The van der Waals surface area contributed by atoms with Crippen LogP contribution in [0.2, 0.25) is 10.0 Å². The molecule has 1 heterocycles. The molecule has 0 aliphatic carbocycles. The lowest BCUT2D eigenvalue weighted by molar-refractivity contribution is 0.102. The molecule has 0 fully saturated rings. The van der Waals surface area contributed by atoms with Crippen molar-refractivity contribution in [3.8, 4) is 0 Å². The van der Waals surface area contributed by atoms with Gasteiger partial charge in [0.1, 0.15) is 0 Å². The quantitative estimate of drug-likeness (QED) is 0.701. The average molecular weight is 337 g/mol. The molecule has 0 spiro atoms. The highest BCUT2D eigenvalue weighted by Gasteiger charge is 2.12. The van der Waals surface area contributed by atoms with E-state index in [-0.39, 0.29) is 5.91 Å². The lowest BCUT2D eigenvalue weighted by Gasteiger charge is -2.01. The van der Waals surface area contributed by atoms with Crippen molar-refractivity contribution in [1.82, 2.24) is 4.98 Å². The number of aromatic nitrogens is 1. The molecule has 21 heavy (non-hydrogen) atoms. The molecule has 3 rings (SSSR count). The lowest BCUT2D eigenvalue weighted by Crippen LogP contribution is -2.11. The van der Waals surface area contributed by atoms with Crippen molar-refractivity contribution >= 4 is 55.8 Å². The van der Waals surface area contributed by atoms with Crippen LogP contribution in [0.3, 0.4) is 0 Å². The third-order valence-electron chi connectivity index (χ3n) is 2.96. The summed E-state index contributed by atoms with van der Waals surface area (Å²) in [6.45, 7) is 1.94. The maximum atomic E-state index is 12.2. The van der Waals surface area contributed by atoms with Crippen molar-refractivity contribution in [3.63, 3.8) is 0 Å². The molecule has 1 aromatic heterocycles. The normalized spacial score (nSPS) is 10.8. The number of nitrogens with one attached hydrogen (secondary N) is 1. The van der Waals surface area contributed by atoms with E-state index in [0.717, 1.165) is 15.8 Å². The van der Waals surface area contributed by atoms with Crippen LogP contribution in [0.25, 0.3) is 10.2 Å². The molecule has 0 aliphatic heterocycles. The molecule has 0 atom stereocenters. The summed E-state index contributed by atoms with van der Waals surface area (Å²) in [5, 5.41) is 4.52. The molecule has 3 aromatic rings. The van der Waals surface area contributed by atoms with E-state index in [1.165, 1.54) is 11.3 Å². The summed E-state index contributed by atoms with van der Waals surface area (Å²) in [7, 11) is 0. The number of rotatable bonds is 2. The standard InChI is InChI=1S/C15H10Cl2N2OS/c1-8-5-11(17)7-12-13(8)18-15(21-12)19-14(20)9-3-2-4-10(16)6-9/h2-7H,1H3,(H,18,19,20). The van der Waals surface area contributed by atoms with Crippen LogP contribution < -0.4 is 5.32 Å². The second-order valence-electron chi connectivity index (χ2n) is 4.55. The summed E-state index contributed by atoms with van der Waals surface area (Å²) in [4.78, 5) is 16.6. The molecule has 0 aliphatic rings. The molecular formula is C15H10Cl2N2OS. The van der Waals surface area contributed by atoms with E-state index in [9.17, 15) is 4.79 Å². The van der Waals surface area contributed by atoms with Gasteiger partial charge in [-0.3, -0.25) is 10.1 Å². The van der Waals surface area contributed by atoms with Gasteiger partial charge in [-0.15, -0.1) is 0 Å². The largest absolute Gasteiger partial charge is 0.298 e. The number of hydrogen-bond acceptors (Lipinski definition) is 3. The minimum Gasteiger partial charge on any atom is -0.298 e. The molecule has 1 N–H and O–H groups in total. The van der Waals surface area contributed by atoms with Gasteiger partial charge < -0.3 is 0 Å². The molecule has 0 saturated heterocycles. The van der Waals surface area contributed by atoms with Crippen LogP contribution in [0.4, 0.5) is 5.13 Å². The Labute approximate surface area is 135 Å². The van der Waals surface area contributed by atoms with E-state index < -0.39 is 0 Å². The highest BCUT2D eigenvalue weighted by Crippen LogP contribution is 2.31. The van der Waals surface area contributed by atoms with E-state index >= 15 is 0 Å². The highest BCUT2D eigenvalue weighted by molar-refractivity contribution is 7.22. The lowest BCUT2D eigenvalue weighted by atomic mass is 10.2. The fourth-order valence-electron chi connectivity index (χ4n) is 2.01. The van der Waals surface area contributed by atoms with Crippen molar-refractivity contribution in [2.45, 2.75) is 6.92 Å². The van der Waals surface area contributed by atoms with E-state index in [1.807, 2.05) is 19.1 Å². The maximum Gasteiger partial charge on any atom is 0.257 e. The number of hydrogen-bond donors (Lipinski definition) is 1. The van der Waals surface area contributed by atoms with Crippen molar-refractivity contribution in [2.75, 3.05) is 5.32 Å². The minimum atomic E-state index is -0.236. The van der Waals surface area contributed by atoms with Crippen LogP contribution in [-0.4, -0.2) is 10.9 Å². The predicted octanol–water partition coefficient (Wildman–Crippen LogP) is 5.16. The number of fused-ring (bicyclic) bond motifs is 1. The molecule has 1 amide bonds. The van der Waals surface area contributed by atoms with E-state index in [1.54, 1.807) is 24.3 Å². The number of carbonyl (C=O) groups excluding carboxylic acids is 1. The minimum absolute atomic E-state index is 0.236. The Morgan fingerprint density at radius 3 is 2.76 bits per heavy atom. The fourth-order valence-corrected chi connectivity index (χ4v) is 3.51. The SMILES string of the molecule is Cc1cc(Cl)cc2sc(NC(=O)c3cccc(Cl)c3)nc12. The molecule has 6 heteroatoms. The first-order chi connectivity index (χ1) is 10.0. The van der Waals surface area contributed by atoms with Gasteiger partial charge in [0.25, 0.3) is 5.91 Å². The van der Waals surface area contributed by atoms with E-state index in [0.29, 0.717) is 20.7 Å². The topological polar surface area (TPSA) is 42.0 Å². The van der Waals surface area contributed by atoms with Crippen LogP contribution in [-0.2, 0) is 0 Å². The first kappa shape index (κ1) is 14.3. The van der Waals surface area contributed by atoms with Crippen LogP contribution in [0, 0.1) is 6.92 Å². The number of aryl methyl sites for hydroxylation is 1. The Kier molecular flexibility index (Phi) is 3.85. The van der Waals surface area contributed by atoms with Crippen molar-refractivity contribution in [2.24, 2.45) is 0 Å². The summed E-state index contributed by atoms with van der Waals surface area (Å²) >= 11 is 13.3. The summed E-state index contributed by atoms with van der Waals surface area (Å²) in [5.74, 6) is -0.236. The summed E-state index contributed by atoms with van der Waals surface area (Å²) in [6.07, 6.45) is 0. The Morgan fingerprint density at radius 1 is 1.19 bits per heavy atom. The van der Waals surface area contributed by atoms with Gasteiger partial charge >= 0.3 is 0 Å². The second-order valence-corrected chi connectivity index (χ2v) is 6.46. The van der Waals surface area contributed by atoms with Crippen LogP contribution in [0.5, 0.6) is 0 Å². The monoisotopic (exact) mass is 336 g/mol. The number of amides is 1. The third kappa shape index (κ3) is 3.02. The molecule has 106 valence electrons. The van der Waals surface area contributed by atoms with Gasteiger partial charge in [0.15, 0.2) is 5.13 Å². The van der Waals surface area contributed by atoms with E-state index in [4.69, 9.17) is 23.2 Å². The summed E-state index contributed by atoms with van der Waals surface area (Å²) < 4.78 is 0.946. The molecule has 0 unspecified atom stereocenters. The molecule has 2 aromatic carbocycles. The first-order valence-corrected chi connectivity index (χ1v) is 7.74. The Bertz CT molecular complexity index is 845. The molecule has 3 nitrogen and oxygen atoms in total. The van der Waals surface area contributed by atoms with E-state index in [2.05, 4.69) is 10.3 Å².